The molecule has 2 rings (SSSR count). The number of halogens is 3. The summed E-state index contributed by atoms with van der Waals surface area (Å²) in [5.41, 5.74) is -0.644. The summed E-state index contributed by atoms with van der Waals surface area (Å²) >= 11 is 1.34. The Morgan fingerprint density at radius 3 is 2.45 bits per heavy atom. The predicted molar refractivity (Wildman–Crippen MR) is 70.6 cm³/mol. The maximum atomic E-state index is 12.5. The fourth-order valence-electron chi connectivity index (χ4n) is 2.08. The molecule has 0 saturated carbocycles. The van der Waals surface area contributed by atoms with Crippen molar-refractivity contribution in [3.63, 3.8) is 0 Å². The number of nitrogens with zero attached hydrogens (tertiary/aromatic N) is 1. The van der Waals surface area contributed by atoms with E-state index >= 15 is 0 Å². The number of benzene rings is 1. The molecule has 7 heteroatoms. The number of β-amino-alcohol motifs (C(OH)–C–C–N with tert-alkyl or cyclic N) is 2. The third-order valence-corrected chi connectivity index (χ3v) is 4.15. The Morgan fingerprint density at radius 2 is 1.85 bits per heavy atom. The minimum atomic E-state index is -4.32. The van der Waals surface area contributed by atoms with Gasteiger partial charge in [0, 0.05) is 30.3 Å². The van der Waals surface area contributed by atoms with Crippen LogP contribution in [-0.2, 0) is 6.18 Å². The Morgan fingerprint density at radius 1 is 1.20 bits per heavy atom. The molecular formula is C13H16F3NO2S. The molecule has 2 atom stereocenters. The lowest BCUT2D eigenvalue weighted by Crippen LogP contribution is -2.24. The van der Waals surface area contributed by atoms with Crippen LogP contribution >= 0.6 is 11.8 Å². The second-order valence-electron chi connectivity index (χ2n) is 4.77. The molecule has 1 fully saturated rings. The maximum Gasteiger partial charge on any atom is 0.416 e. The maximum absolute atomic E-state index is 12.5. The van der Waals surface area contributed by atoms with Crippen molar-refractivity contribution in [2.75, 3.05) is 25.4 Å². The number of rotatable bonds is 4. The zero-order valence-corrected chi connectivity index (χ0v) is 11.5. The second-order valence-corrected chi connectivity index (χ2v) is 5.94. The van der Waals surface area contributed by atoms with Gasteiger partial charge in [-0.15, -0.1) is 11.8 Å². The highest BCUT2D eigenvalue weighted by Crippen LogP contribution is 2.31. The highest BCUT2D eigenvalue weighted by Gasteiger charge is 2.31. The van der Waals surface area contributed by atoms with Crippen molar-refractivity contribution in [3.8, 4) is 0 Å². The molecule has 2 N–H and O–H groups in total. The quantitative estimate of drug-likeness (QED) is 0.833. The van der Waals surface area contributed by atoms with E-state index in [0.29, 0.717) is 30.3 Å². The van der Waals surface area contributed by atoms with Crippen molar-refractivity contribution in [2.24, 2.45) is 0 Å². The summed E-state index contributed by atoms with van der Waals surface area (Å²) in [6.45, 7) is 1.43. The Labute approximate surface area is 119 Å². The molecule has 20 heavy (non-hydrogen) atoms. The SMILES string of the molecule is OC1CN(CCSc2cccc(C(F)(F)F)c2)CC1O. The average molecular weight is 307 g/mol. The average Bonchev–Trinajstić information content (AvgIpc) is 2.68. The molecule has 0 amide bonds. The van der Waals surface area contributed by atoms with Crippen molar-refractivity contribution in [3.05, 3.63) is 29.8 Å². The Hall–Kier alpha value is -0.760. The molecule has 3 nitrogen and oxygen atoms in total. The van der Waals surface area contributed by atoms with Crippen molar-refractivity contribution < 1.29 is 23.4 Å². The first-order valence-corrected chi connectivity index (χ1v) is 7.23. The van der Waals surface area contributed by atoms with Gasteiger partial charge in [-0.3, -0.25) is 4.90 Å². The number of aliphatic hydroxyl groups excluding tert-OH is 2. The van der Waals surface area contributed by atoms with E-state index in [4.69, 9.17) is 0 Å². The first-order valence-electron chi connectivity index (χ1n) is 6.25. The lowest BCUT2D eigenvalue weighted by Gasteiger charge is -2.14. The molecule has 1 aromatic rings. The number of aliphatic hydroxyl groups is 2. The number of hydrogen-bond acceptors (Lipinski definition) is 4. The van der Waals surface area contributed by atoms with Crippen LogP contribution in [0.1, 0.15) is 5.56 Å². The summed E-state index contributed by atoms with van der Waals surface area (Å²) < 4.78 is 37.6. The molecule has 1 aliphatic rings. The van der Waals surface area contributed by atoms with Gasteiger partial charge in [0.15, 0.2) is 0 Å². The zero-order chi connectivity index (χ0) is 14.8. The van der Waals surface area contributed by atoms with Crippen LogP contribution in [0.3, 0.4) is 0 Å². The zero-order valence-electron chi connectivity index (χ0n) is 10.7. The summed E-state index contributed by atoms with van der Waals surface area (Å²) in [4.78, 5) is 2.47. The number of thioether (sulfide) groups is 1. The van der Waals surface area contributed by atoms with Gasteiger partial charge in [0.25, 0.3) is 0 Å². The van der Waals surface area contributed by atoms with E-state index in [-0.39, 0.29) is 0 Å². The lowest BCUT2D eigenvalue weighted by molar-refractivity contribution is -0.137. The molecule has 0 aromatic heterocycles. The van der Waals surface area contributed by atoms with E-state index in [2.05, 4.69) is 0 Å². The monoisotopic (exact) mass is 307 g/mol. The van der Waals surface area contributed by atoms with E-state index in [1.807, 2.05) is 4.90 Å². The molecule has 0 bridgehead atoms. The summed E-state index contributed by atoms with van der Waals surface area (Å²) in [6.07, 6.45) is -5.78. The van der Waals surface area contributed by atoms with Crippen LogP contribution in [0.4, 0.5) is 13.2 Å². The first kappa shape index (κ1) is 15.6. The fourth-order valence-corrected chi connectivity index (χ4v) is 3.05. The molecular weight excluding hydrogens is 291 g/mol. The largest absolute Gasteiger partial charge is 0.416 e. The summed E-state index contributed by atoms with van der Waals surface area (Å²) in [5.74, 6) is 0.612. The van der Waals surface area contributed by atoms with Crippen molar-refractivity contribution in [2.45, 2.75) is 23.3 Å². The van der Waals surface area contributed by atoms with Crippen LogP contribution in [0.5, 0.6) is 0 Å². The Balaban J connectivity index is 1.83. The highest BCUT2D eigenvalue weighted by atomic mass is 32.2. The third kappa shape index (κ3) is 4.12. The van der Waals surface area contributed by atoms with Gasteiger partial charge in [0.2, 0.25) is 0 Å². The number of alkyl halides is 3. The Bertz CT molecular complexity index is 445. The number of hydrogen-bond donors (Lipinski definition) is 2. The molecule has 2 unspecified atom stereocenters. The van der Waals surface area contributed by atoms with Gasteiger partial charge in [0.1, 0.15) is 0 Å². The third-order valence-electron chi connectivity index (χ3n) is 3.17. The van der Waals surface area contributed by atoms with Crippen LogP contribution in [-0.4, -0.2) is 52.7 Å². The van der Waals surface area contributed by atoms with Gasteiger partial charge in [-0.25, -0.2) is 0 Å². The molecule has 0 aliphatic carbocycles. The lowest BCUT2D eigenvalue weighted by atomic mass is 10.2. The normalized spacial score (nSPS) is 24.2. The molecule has 0 radical (unpaired) electrons. The van der Waals surface area contributed by atoms with Crippen LogP contribution in [0.25, 0.3) is 0 Å². The van der Waals surface area contributed by atoms with Gasteiger partial charge >= 0.3 is 6.18 Å². The molecule has 1 saturated heterocycles. The van der Waals surface area contributed by atoms with Gasteiger partial charge in [0.05, 0.1) is 17.8 Å². The van der Waals surface area contributed by atoms with E-state index in [0.717, 1.165) is 12.1 Å². The van der Waals surface area contributed by atoms with Gasteiger partial charge in [-0.2, -0.15) is 13.2 Å². The summed E-state index contributed by atoms with van der Waals surface area (Å²) in [6, 6.07) is 5.23. The van der Waals surface area contributed by atoms with Crippen LogP contribution in [0.2, 0.25) is 0 Å². The summed E-state index contributed by atoms with van der Waals surface area (Å²) in [5, 5.41) is 18.8. The molecule has 0 spiro atoms. The van der Waals surface area contributed by atoms with Crippen LogP contribution in [0.15, 0.2) is 29.2 Å². The van der Waals surface area contributed by atoms with Crippen LogP contribution in [0, 0.1) is 0 Å². The van der Waals surface area contributed by atoms with E-state index < -0.39 is 23.9 Å². The Kier molecular flexibility index (Phi) is 4.95. The standard InChI is InChI=1S/C13H16F3NO2S/c14-13(15,16)9-2-1-3-10(6-9)20-5-4-17-7-11(18)12(19)8-17/h1-3,6,11-12,18-19H,4-5,7-8H2. The van der Waals surface area contributed by atoms with Crippen molar-refractivity contribution >= 4 is 11.8 Å². The van der Waals surface area contributed by atoms with E-state index in [9.17, 15) is 23.4 Å². The van der Waals surface area contributed by atoms with Crippen molar-refractivity contribution in [1.29, 1.82) is 0 Å². The van der Waals surface area contributed by atoms with E-state index in [1.165, 1.54) is 17.8 Å². The molecule has 112 valence electrons. The second kappa shape index (κ2) is 6.34. The highest BCUT2D eigenvalue weighted by molar-refractivity contribution is 7.99. The fraction of sp³-hybridized carbons (Fsp3) is 0.538. The van der Waals surface area contributed by atoms with Gasteiger partial charge in [-0.05, 0) is 18.2 Å². The van der Waals surface area contributed by atoms with Gasteiger partial charge < -0.3 is 10.2 Å². The predicted octanol–water partition coefficient (Wildman–Crippen LogP) is 1.83. The first-order chi connectivity index (χ1) is 9.36. The smallest absolute Gasteiger partial charge is 0.389 e. The topological polar surface area (TPSA) is 43.7 Å². The molecule has 1 heterocycles. The molecule has 1 aromatic carbocycles. The van der Waals surface area contributed by atoms with E-state index in [1.54, 1.807) is 6.07 Å². The van der Waals surface area contributed by atoms with Crippen molar-refractivity contribution in [1.82, 2.24) is 4.90 Å². The summed E-state index contributed by atoms with van der Waals surface area (Å²) in [7, 11) is 0. The number of likely N-dealkylation sites (tertiary alicyclic amines) is 1. The minimum absolute atomic E-state index is 0.407. The van der Waals surface area contributed by atoms with Gasteiger partial charge in [-0.1, -0.05) is 6.07 Å². The van der Waals surface area contributed by atoms with Crippen LogP contribution < -0.4 is 0 Å². The minimum Gasteiger partial charge on any atom is -0.389 e. The molecule has 1 aliphatic heterocycles.